The Balaban J connectivity index is 1.53. The third kappa shape index (κ3) is 6.03. The van der Waals surface area contributed by atoms with Crippen LogP contribution in [0.4, 0.5) is 5.69 Å². The minimum Gasteiger partial charge on any atom is -0.462 e. The van der Waals surface area contributed by atoms with E-state index in [1.807, 2.05) is 6.92 Å². The lowest BCUT2D eigenvalue weighted by molar-refractivity contribution is -0.147. The van der Waals surface area contributed by atoms with Crippen LogP contribution >= 0.6 is 15.9 Å². The second-order valence-electron chi connectivity index (χ2n) is 7.48. The van der Waals surface area contributed by atoms with Crippen LogP contribution in [0.5, 0.6) is 0 Å². The molecule has 32 heavy (non-hydrogen) atoms. The smallest absolute Gasteiger partial charge is 0.338 e. The molecule has 168 valence electrons. The van der Waals surface area contributed by atoms with Crippen LogP contribution in [0.2, 0.25) is 0 Å². The van der Waals surface area contributed by atoms with Gasteiger partial charge in [-0.15, -0.1) is 0 Å². The molecule has 2 aromatic rings. The summed E-state index contributed by atoms with van der Waals surface area (Å²) in [7, 11) is 0. The van der Waals surface area contributed by atoms with Crippen molar-refractivity contribution in [3.8, 4) is 0 Å². The number of ether oxygens (including phenoxy) is 2. The number of nitrogens with zero attached hydrogens (tertiary/aromatic N) is 1. The third-order valence-corrected chi connectivity index (χ3v) is 5.64. The minimum absolute atomic E-state index is 0.00607. The Morgan fingerprint density at radius 2 is 1.66 bits per heavy atom. The standard InChI is InChI=1S/C24H24BrNO6/c1-2-3-12-31-23(29)17-6-10-20(11-7-17)26-14-18(13-22(26)28)24(30)32-15-21(27)16-4-8-19(25)9-5-16/h4-11,18H,2-3,12-15H2,1H3/t18-/m1/s1. The molecule has 7 nitrogen and oxygen atoms in total. The fourth-order valence-corrected chi connectivity index (χ4v) is 3.52. The van der Waals surface area contributed by atoms with Gasteiger partial charge < -0.3 is 14.4 Å². The normalized spacial score (nSPS) is 15.5. The van der Waals surface area contributed by atoms with Gasteiger partial charge in [0.2, 0.25) is 5.91 Å². The second kappa shape index (κ2) is 11.0. The molecule has 3 rings (SSSR count). The summed E-state index contributed by atoms with van der Waals surface area (Å²) in [6, 6.07) is 13.3. The minimum atomic E-state index is -0.654. The number of Topliss-reactive ketones (excluding diaryl/α,β-unsaturated/α-hetero) is 1. The zero-order valence-electron chi connectivity index (χ0n) is 17.7. The molecule has 0 aromatic heterocycles. The maximum Gasteiger partial charge on any atom is 0.338 e. The van der Waals surface area contributed by atoms with Crippen LogP contribution in [0, 0.1) is 5.92 Å². The lowest BCUT2D eigenvalue weighted by atomic mass is 10.1. The molecule has 0 N–H and O–H groups in total. The number of ketones is 1. The molecule has 1 fully saturated rings. The molecule has 1 aliphatic heterocycles. The van der Waals surface area contributed by atoms with E-state index >= 15 is 0 Å². The zero-order chi connectivity index (χ0) is 23.1. The molecule has 1 atom stereocenters. The molecule has 0 saturated carbocycles. The Morgan fingerprint density at radius 3 is 2.31 bits per heavy atom. The molecule has 1 amide bonds. The number of esters is 2. The zero-order valence-corrected chi connectivity index (χ0v) is 19.3. The predicted octanol–water partition coefficient (Wildman–Crippen LogP) is 4.19. The van der Waals surface area contributed by atoms with Crippen LogP contribution in [0.3, 0.4) is 0 Å². The van der Waals surface area contributed by atoms with E-state index in [1.54, 1.807) is 48.5 Å². The van der Waals surface area contributed by atoms with Crippen LogP contribution < -0.4 is 4.90 Å². The molecule has 1 aliphatic rings. The third-order valence-electron chi connectivity index (χ3n) is 5.12. The number of amides is 1. The van der Waals surface area contributed by atoms with Crippen LogP contribution in [0.15, 0.2) is 53.0 Å². The number of hydrogen-bond acceptors (Lipinski definition) is 6. The van der Waals surface area contributed by atoms with Gasteiger partial charge in [0.25, 0.3) is 0 Å². The summed E-state index contributed by atoms with van der Waals surface area (Å²) in [5, 5.41) is 0. The first-order valence-electron chi connectivity index (χ1n) is 10.4. The van der Waals surface area contributed by atoms with Gasteiger partial charge in [-0.25, -0.2) is 4.79 Å². The summed E-state index contributed by atoms with van der Waals surface area (Å²) >= 11 is 3.30. The molecular weight excluding hydrogens is 478 g/mol. The quantitative estimate of drug-likeness (QED) is 0.290. The van der Waals surface area contributed by atoms with Gasteiger partial charge >= 0.3 is 11.9 Å². The maximum atomic E-state index is 12.4. The average molecular weight is 502 g/mol. The van der Waals surface area contributed by atoms with E-state index in [4.69, 9.17) is 9.47 Å². The molecule has 8 heteroatoms. The van der Waals surface area contributed by atoms with E-state index in [-0.39, 0.29) is 31.3 Å². The van der Waals surface area contributed by atoms with Gasteiger partial charge in [-0.1, -0.05) is 41.4 Å². The summed E-state index contributed by atoms with van der Waals surface area (Å²) in [5.74, 6) is -2.17. The molecule has 0 radical (unpaired) electrons. The average Bonchev–Trinajstić information content (AvgIpc) is 3.19. The summed E-state index contributed by atoms with van der Waals surface area (Å²) in [6.07, 6.45) is 1.75. The van der Waals surface area contributed by atoms with Crippen LogP contribution in [0.25, 0.3) is 0 Å². The highest BCUT2D eigenvalue weighted by molar-refractivity contribution is 9.10. The van der Waals surface area contributed by atoms with Crippen LogP contribution in [-0.4, -0.2) is 43.4 Å². The van der Waals surface area contributed by atoms with Crippen LogP contribution in [-0.2, 0) is 19.1 Å². The summed E-state index contributed by atoms with van der Waals surface area (Å²) in [5.41, 5.74) is 1.43. The molecule has 0 bridgehead atoms. The van der Waals surface area contributed by atoms with E-state index < -0.39 is 17.9 Å². The molecule has 1 heterocycles. The number of benzene rings is 2. The Hall–Kier alpha value is -3.00. The molecule has 1 saturated heterocycles. The SMILES string of the molecule is CCCCOC(=O)c1ccc(N2C[C@H](C(=O)OCC(=O)c3ccc(Br)cc3)CC2=O)cc1. The number of carbonyl (C=O) groups excluding carboxylic acids is 4. The number of hydrogen-bond donors (Lipinski definition) is 0. The molecular formula is C24H24BrNO6. The van der Waals surface area contributed by atoms with Gasteiger partial charge in [-0.2, -0.15) is 0 Å². The first-order chi connectivity index (χ1) is 15.4. The molecule has 0 aliphatic carbocycles. The predicted molar refractivity (Wildman–Crippen MR) is 122 cm³/mol. The van der Waals surface area contributed by atoms with Crippen molar-refractivity contribution in [3.63, 3.8) is 0 Å². The van der Waals surface area contributed by atoms with Crippen molar-refractivity contribution in [3.05, 3.63) is 64.1 Å². The van der Waals surface area contributed by atoms with Crippen molar-refractivity contribution in [1.82, 2.24) is 0 Å². The number of anilines is 1. The van der Waals surface area contributed by atoms with Crippen molar-refractivity contribution in [2.24, 2.45) is 5.92 Å². The molecule has 0 unspecified atom stereocenters. The number of unbranched alkanes of at least 4 members (excludes halogenated alkanes) is 1. The van der Waals surface area contributed by atoms with Gasteiger partial charge in [0.15, 0.2) is 12.4 Å². The highest BCUT2D eigenvalue weighted by atomic mass is 79.9. The Labute approximate surface area is 194 Å². The fourth-order valence-electron chi connectivity index (χ4n) is 3.26. The van der Waals surface area contributed by atoms with E-state index in [9.17, 15) is 19.2 Å². The number of carbonyl (C=O) groups is 4. The summed E-state index contributed by atoms with van der Waals surface area (Å²) < 4.78 is 11.2. The van der Waals surface area contributed by atoms with Crippen molar-refractivity contribution in [2.75, 3.05) is 24.7 Å². The van der Waals surface area contributed by atoms with Gasteiger partial charge in [0.05, 0.1) is 18.1 Å². The molecule has 0 spiro atoms. The monoisotopic (exact) mass is 501 g/mol. The number of rotatable bonds is 9. The van der Waals surface area contributed by atoms with Gasteiger partial charge in [-0.05, 0) is 42.8 Å². The molecule has 2 aromatic carbocycles. The van der Waals surface area contributed by atoms with Crippen LogP contribution in [0.1, 0.15) is 46.9 Å². The highest BCUT2D eigenvalue weighted by Crippen LogP contribution is 2.26. The fraction of sp³-hybridized carbons (Fsp3) is 0.333. The van der Waals surface area contributed by atoms with Gasteiger partial charge in [-0.3, -0.25) is 14.4 Å². The number of halogens is 1. The van der Waals surface area contributed by atoms with Gasteiger partial charge in [0, 0.05) is 28.7 Å². The summed E-state index contributed by atoms with van der Waals surface area (Å²) in [6.45, 7) is 2.17. The first-order valence-corrected chi connectivity index (χ1v) is 11.2. The largest absolute Gasteiger partial charge is 0.462 e. The van der Waals surface area contributed by atoms with Crippen molar-refractivity contribution in [2.45, 2.75) is 26.2 Å². The van der Waals surface area contributed by atoms with E-state index in [1.165, 1.54) is 4.90 Å². The maximum absolute atomic E-state index is 12.4. The van der Waals surface area contributed by atoms with Crippen molar-refractivity contribution in [1.29, 1.82) is 0 Å². The van der Waals surface area contributed by atoms with Crippen molar-refractivity contribution >= 4 is 45.2 Å². The second-order valence-corrected chi connectivity index (χ2v) is 8.40. The van der Waals surface area contributed by atoms with E-state index in [0.29, 0.717) is 23.4 Å². The Kier molecular flexibility index (Phi) is 8.16. The van der Waals surface area contributed by atoms with Gasteiger partial charge in [0.1, 0.15) is 0 Å². The van der Waals surface area contributed by atoms with E-state index in [2.05, 4.69) is 15.9 Å². The van der Waals surface area contributed by atoms with Crippen molar-refractivity contribution < 1.29 is 28.7 Å². The highest BCUT2D eigenvalue weighted by Gasteiger charge is 2.36. The van der Waals surface area contributed by atoms with E-state index in [0.717, 1.165) is 17.3 Å². The Bertz CT molecular complexity index is 987. The lowest BCUT2D eigenvalue weighted by Gasteiger charge is -2.17. The lowest BCUT2D eigenvalue weighted by Crippen LogP contribution is -2.27. The Morgan fingerprint density at radius 1 is 1.00 bits per heavy atom. The topological polar surface area (TPSA) is 90.0 Å². The first kappa shape index (κ1) is 23.7. The summed E-state index contributed by atoms with van der Waals surface area (Å²) in [4.78, 5) is 50.5.